The van der Waals surface area contributed by atoms with E-state index in [9.17, 15) is 24.0 Å². The van der Waals surface area contributed by atoms with Gasteiger partial charge in [0, 0.05) is 40.7 Å². The lowest BCUT2D eigenvalue weighted by Crippen LogP contribution is -2.61. The molecule has 40 heavy (non-hydrogen) atoms. The third-order valence-corrected chi connectivity index (χ3v) is 7.45. The fourth-order valence-corrected chi connectivity index (χ4v) is 5.67. The standard InChI is InChI=1S/C27H45NO11S/c1-18(30)35-17-22-26(24(36-19(2)31)25(37-20(3)32)27(39-22)38-21(4)33)40-16-12-10-8-6-5-7-9-11-13-23(34)28-14-15-29/h22,24-27,29H,5-17H2,1-4H3,(H,28,34)/t22-,24-,25-,26-,27-/m1/s1. The van der Waals surface area contributed by atoms with E-state index in [-0.39, 0.29) is 19.1 Å². The van der Waals surface area contributed by atoms with Crippen molar-refractivity contribution in [2.45, 2.75) is 115 Å². The van der Waals surface area contributed by atoms with E-state index >= 15 is 0 Å². The van der Waals surface area contributed by atoms with Crippen LogP contribution in [0.5, 0.6) is 0 Å². The number of aliphatic hydroxyl groups is 1. The lowest BCUT2D eigenvalue weighted by Gasteiger charge is -2.44. The molecule has 1 heterocycles. The number of ether oxygens (including phenoxy) is 5. The van der Waals surface area contributed by atoms with Gasteiger partial charge in [-0.2, -0.15) is 11.8 Å². The summed E-state index contributed by atoms with van der Waals surface area (Å²) < 4.78 is 27.2. The van der Waals surface area contributed by atoms with Crippen molar-refractivity contribution in [2.75, 3.05) is 25.5 Å². The van der Waals surface area contributed by atoms with Crippen LogP contribution in [0.3, 0.4) is 0 Å². The summed E-state index contributed by atoms with van der Waals surface area (Å²) in [5.41, 5.74) is 0. The van der Waals surface area contributed by atoms with E-state index in [0.717, 1.165) is 51.4 Å². The van der Waals surface area contributed by atoms with Gasteiger partial charge in [0.05, 0.1) is 11.9 Å². The third-order valence-electron chi connectivity index (χ3n) is 5.97. The lowest BCUT2D eigenvalue weighted by molar-refractivity contribution is -0.268. The van der Waals surface area contributed by atoms with Gasteiger partial charge < -0.3 is 34.1 Å². The Hall–Kier alpha value is -2.38. The van der Waals surface area contributed by atoms with Crippen LogP contribution < -0.4 is 5.32 Å². The summed E-state index contributed by atoms with van der Waals surface area (Å²) in [7, 11) is 0. The van der Waals surface area contributed by atoms with Crippen LogP contribution in [0.1, 0.15) is 85.5 Å². The van der Waals surface area contributed by atoms with Gasteiger partial charge in [0.2, 0.25) is 18.3 Å². The highest BCUT2D eigenvalue weighted by Gasteiger charge is 2.51. The Bertz CT molecular complexity index is 809. The summed E-state index contributed by atoms with van der Waals surface area (Å²) in [5, 5.41) is 10.8. The maximum Gasteiger partial charge on any atom is 0.305 e. The van der Waals surface area contributed by atoms with E-state index < -0.39 is 53.7 Å². The molecule has 0 aromatic carbocycles. The quantitative estimate of drug-likeness (QED) is 0.128. The summed E-state index contributed by atoms with van der Waals surface area (Å²) in [5.74, 6) is -1.79. The molecule has 0 saturated carbocycles. The summed E-state index contributed by atoms with van der Waals surface area (Å²) in [4.78, 5) is 58.5. The molecule has 0 aromatic rings. The number of nitrogens with one attached hydrogen (secondary N) is 1. The highest BCUT2D eigenvalue weighted by molar-refractivity contribution is 8.00. The van der Waals surface area contributed by atoms with Crippen molar-refractivity contribution < 1.29 is 52.8 Å². The maximum absolute atomic E-state index is 12.0. The van der Waals surface area contributed by atoms with Crippen LogP contribution in [-0.4, -0.2) is 90.3 Å². The fourth-order valence-electron chi connectivity index (χ4n) is 4.27. The zero-order valence-electron chi connectivity index (χ0n) is 24.0. The molecule has 0 aliphatic carbocycles. The number of unbranched alkanes of at least 4 members (excludes halogenated alkanes) is 7. The SMILES string of the molecule is CC(=O)OC[C@H]1O[C@@H](OC(C)=O)[C@H](OC(C)=O)[C@@H](OC(C)=O)[C@@H]1SCCCCCCCCCCC(=O)NCCO. The van der Waals surface area contributed by atoms with E-state index in [1.807, 2.05) is 0 Å². The van der Waals surface area contributed by atoms with Crippen LogP contribution in [0.4, 0.5) is 0 Å². The molecule has 12 nitrogen and oxygen atoms in total. The minimum absolute atomic E-state index is 0.0259. The first-order chi connectivity index (χ1) is 19.0. The first-order valence-electron chi connectivity index (χ1n) is 13.8. The van der Waals surface area contributed by atoms with Crippen molar-refractivity contribution in [3.63, 3.8) is 0 Å². The minimum Gasteiger partial charge on any atom is -0.463 e. The average molecular weight is 592 g/mol. The van der Waals surface area contributed by atoms with Gasteiger partial charge in [0.15, 0.2) is 6.10 Å². The fraction of sp³-hybridized carbons (Fsp3) is 0.815. The predicted octanol–water partition coefficient (Wildman–Crippen LogP) is 2.42. The van der Waals surface area contributed by atoms with E-state index in [1.54, 1.807) is 0 Å². The van der Waals surface area contributed by atoms with Crippen molar-refractivity contribution in [1.29, 1.82) is 0 Å². The Labute approximate surface area is 240 Å². The van der Waals surface area contributed by atoms with E-state index in [4.69, 9.17) is 28.8 Å². The summed E-state index contributed by atoms with van der Waals surface area (Å²) >= 11 is 1.46. The Balaban J connectivity index is 2.62. The van der Waals surface area contributed by atoms with Crippen molar-refractivity contribution in [2.24, 2.45) is 0 Å². The van der Waals surface area contributed by atoms with E-state index in [0.29, 0.717) is 18.7 Å². The predicted molar refractivity (Wildman–Crippen MR) is 146 cm³/mol. The molecule has 1 saturated heterocycles. The van der Waals surface area contributed by atoms with E-state index in [1.165, 1.54) is 39.5 Å². The third kappa shape index (κ3) is 15.4. The van der Waals surface area contributed by atoms with Gasteiger partial charge in [-0.05, 0) is 18.6 Å². The molecular weight excluding hydrogens is 546 g/mol. The van der Waals surface area contributed by atoms with Crippen molar-refractivity contribution in [1.82, 2.24) is 5.32 Å². The summed E-state index contributed by atoms with van der Waals surface area (Å²) in [6.07, 6.45) is 4.16. The van der Waals surface area contributed by atoms with Crippen LogP contribution in [0.2, 0.25) is 0 Å². The molecule has 0 bridgehead atoms. The number of aliphatic hydroxyl groups excluding tert-OH is 1. The maximum atomic E-state index is 12.0. The van der Waals surface area contributed by atoms with Crippen LogP contribution in [-0.2, 0) is 47.7 Å². The van der Waals surface area contributed by atoms with Gasteiger partial charge in [0.1, 0.15) is 12.7 Å². The molecule has 1 fully saturated rings. The zero-order chi connectivity index (χ0) is 29.9. The molecule has 1 aliphatic heterocycles. The highest BCUT2D eigenvalue weighted by atomic mass is 32.2. The smallest absolute Gasteiger partial charge is 0.305 e. The van der Waals surface area contributed by atoms with Crippen molar-refractivity contribution in [3.8, 4) is 0 Å². The van der Waals surface area contributed by atoms with Crippen LogP contribution >= 0.6 is 11.8 Å². The molecule has 13 heteroatoms. The second-order valence-corrected chi connectivity index (χ2v) is 10.9. The number of hydrogen-bond acceptors (Lipinski definition) is 12. The average Bonchev–Trinajstić information content (AvgIpc) is 2.86. The Morgan fingerprint density at radius 1 is 0.750 bits per heavy atom. The van der Waals surface area contributed by atoms with Crippen molar-refractivity contribution in [3.05, 3.63) is 0 Å². The zero-order valence-corrected chi connectivity index (χ0v) is 24.8. The highest BCUT2D eigenvalue weighted by Crippen LogP contribution is 2.35. The van der Waals surface area contributed by atoms with Gasteiger partial charge in [-0.15, -0.1) is 0 Å². The summed E-state index contributed by atoms with van der Waals surface area (Å²) in [6, 6.07) is 0. The van der Waals surface area contributed by atoms with E-state index in [2.05, 4.69) is 5.32 Å². The first kappa shape index (κ1) is 35.6. The lowest BCUT2D eigenvalue weighted by atomic mass is 10.0. The molecule has 0 unspecified atom stereocenters. The number of esters is 4. The number of carbonyl (C=O) groups excluding carboxylic acids is 5. The van der Waals surface area contributed by atoms with Gasteiger partial charge >= 0.3 is 23.9 Å². The molecule has 0 radical (unpaired) electrons. The molecule has 0 aromatic heterocycles. The molecular formula is C27H45NO11S. The molecule has 0 spiro atoms. The molecule has 1 rings (SSSR count). The number of rotatable bonds is 19. The van der Waals surface area contributed by atoms with Crippen LogP contribution in [0, 0.1) is 0 Å². The monoisotopic (exact) mass is 591 g/mol. The van der Waals surface area contributed by atoms with Gasteiger partial charge in [-0.3, -0.25) is 24.0 Å². The Kier molecular flexibility index (Phi) is 18.3. The number of amides is 1. The number of thioether (sulfide) groups is 1. The van der Waals surface area contributed by atoms with Gasteiger partial charge in [-0.1, -0.05) is 38.5 Å². The van der Waals surface area contributed by atoms with Gasteiger partial charge in [-0.25, -0.2) is 0 Å². The molecule has 1 amide bonds. The summed E-state index contributed by atoms with van der Waals surface area (Å²) in [6.45, 7) is 4.95. The molecule has 2 N–H and O–H groups in total. The van der Waals surface area contributed by atoms with Crippen LogP contribution in [0.25, 0.3) is 0 Å². The molecule has 5 atom stereocenters. The Morgan fingerprint density at radius 3 is 1.85 bits per heavy atom. The normalized spacial score (nSPS) is 22.2. The first-order valence-corrected chi connectivity index (χ1v) is 14.9. The van der Waals surface area contributed by atoms with Gasteiger partial charge in [0.25, 0.3) is 0 Å². The van der Waals surface area contributed by atoms with Crippen molar-refractivity contribution >= 4 is 41.5 Å². The Morgan fingerprint density at radius 2 is 1.30 bits per heavy atom. The largest absolute Gasteiger partial charge is 0.463 e. The second kappa shape index (κ2) is 20.5. The van der Waals surface area contributed by atoms with Crippen LogP contribution in [0.15, 0.2) is 0 Å². The number of carbonyl (C=O) groups is 5. The second-order valence-electron chi connectivity index (χ2n) is 9.59. The minimum atomic E-state index is -1.34. The topological polar surface area (TPSA) is 164 Å². The molecule has 1 aliphatic rings. The molecule has 230 valence electrons. The number of hydrogen-bond donors (Lipinski definition) is 2.